The largest absolute Gasteiger partial charge is 0.476 e. The van der Waals surface area contributed by atoms with Crippen LogP contribution >= 0.6 is 0 Å². The Hall–Kier alpha value is -1.79. The molecule has 4 nitrogen and oxygen atoms in total. The van der Waals surface area contributed by atoms with Crippen LogP contribution in [-0.4, -0.2) is 35.8 Å². The first-order valence-electron chi connectivity index (χ1n) is 4.27. The van der Waals surface area contributed by atoms with Crippen molar-refractivity contribution in [2.45, 2.75) is 6.18 Å². The van der Waals surface area contributed by atoms with E-state index < -0.39 is 24.4 Å². The van der Waals surface area contributed by atoms with Gasteiger partial charge in [0.15, 0.2) is 5.69 Å². The molecule has 0 saturated carbocycles. The summed E-state index contributed by atoms with van der Waals surface area (Å²) in [4.78, 5) is 15.0. The molecule has 7 heteroatoms. The number of halogens is 3. The number of aromatic carboxylic acids is 1. The van der Waals surface area contributed by atoms with Crippen LogP contribution in [0.25, 0.3) is 0 Å². The van der Waals surface area contributed by atoms with Crippen LogP contribution in [0.5, 0.6) is 0 Å². The van der Waals surface area contributed by atoms with E-state index in [-0.39, 0.29) is 5.69 Å². The average molecular weight is 234 g/mol. The van der Waals surface area contributed by atoms with E-state index in [0.717, 1.165) is 11.9 Å². The maximum atomic E-state index is 12.1. The van der Waals surface area contributed by atoms with E-state index in [9.17, 15) is 18.0 Å². The van der Waals surface area contributed by atoms with Crippen LogP contribution in [0, 0.1) is 0 Å². The van der Waals surface area contributed by atoms with Crippen LogP contribution in [-0.2, 0) is 0 Å². The minimum absolute atomic E-state index is 0.0627. The van der Waals surface area contributed by atoms with Crippen molar-refractivity contribution in [2.75, 3.05) is 18.5 Å². The Morgan fingerprint density at radius 3 is 2.69 bits per heavy atom. The molecule has 0 fully saturated rings. The maximum absolute atomic E-state index is 12.1. The molecule has 0 radical (unpaired) electrons. The zero-order chi connectivity index (χ0) is 12.3. The number of carboxylic acid groups (broad SMARTS) is 1. The fourth-order valence-corrected chi connectivity index (χ4v) is 1.22. The Morgan fingerprint density at radius 2 is 2.19 bits per heavy atom. The van der Waals surface area contributed by atoms with E-state index in [1.54, 1.807) is 0 Å². The minimum Gasteiger partial charge on any atom is -0.476 e. The van der Waals surface area contributed by atoms with Crippen LogP contribution in [0.3, 0.4) is 0 Å². The highest BCUT2D eigenvalue weighted by molar-refractivity contribution is 5.92. The standard InChI is InChI=1S/C9H9F3N2O2/c1-14(5-9(10,11)12)6-3-2-4-13-7(6)8(15)16/h2-4H,5H2,1H3,(H,15,16). The Kier molecular flexibility index (Phi) is 3.36. The SMILES string of the molecule is CN(CC(F)(F)F)c1cccnc1C(=O)O. The second kappa shape index (κ2) is 4.38. The van der Waals surface area contributed by atoms with Gasteiger partial charge in [-0.05, 0) is 12.1 Å². The normalized spacial score (nSPS) is 11.2. The zero-order valence-electron chi connectivity index (χ0n) is 8.32. The molecule has 0 saturated heterocycles. The molecule has 1 N–H and O–H groups in total. The van der Waals surface area contributed by atoms with E-state index >= 15 is 0 Å². The first-order chi connectivity index (χ1) is 7.31. The topological polar surface area (TPSA) is 53.4 Å². The van der Waals surface area contributed by atoms with Crippen molar-refractivity contribution in [1.82, 2.24) is 4.98 Å². The number of pyridine rings is 1. The van der Waals surface area contributed by atoms with Gasteiger partial charge in [0, 0.05) is 13.2 Å². The molecule has 88 valence electrons. The third kappa shape index (κ3) is 3.11. The lowest BCUT2D eigenvalue weighted by molar-refractivity contribution is -0.119. The molecule has 0 atom stereocenters. The zero-order valence-corrected chi connectivity index (χ0v) is 8.32. The number of carboxylic acids is 1. The molecule has 1 heterocycles. The van der Waals surface area contributed by atoms with Gasteiger partial charge in [0.1, 0.15) is 6.54 Å². The Morgan fingerprint density at radius 1 is 1.56 bits per heavy atom. The summed E-state index contributed by atoms with van der Waals surface area (Å²) in [7, 11) is 1.16. The van der Waals surface area contributed by atoms with E-state index in [1.807, 2.05) is 0 Å². The van der Waals surface area contributed by atoms with Crippen LogP contribution in [0.2, 0.25) is 0 Å². The molecule has 1 aromatic rings. The molecule has 1 aromatic heterocycles. The molecule has 16 heavy (non-hydrogen) atoms. The number of aromatic nitrogens is 1. The van der Waals surface area contributed by atoms with Crippen molar-refractivity contribution in [1.29, 1.82) is 0 Å². The molecule has 1 rings (SSSR count). The van der Waals surface area contributed by atoms with Crippen LogP contribution in [0.15, 0.2) is 18.3 Å². The van der Waals surface area contributed by atoms with Crippen molar-refractivity contribution in [3.8, 4) is 0 Å². The predicted octanol–water partition coefficient (Wildman–Crippen LogP) is 1.78. The lowest BCUT2D eigenvalue weighted by Gasteiger charge is -2.21. The van der Waals surface area contributed by atoms with Crippen molar-refractivity contribution >= 4 is 11.7 Å². The summed E-state index contributed by atoms with van der Waals surface area (Å²) in [6, 6.07) is 2.66. The highest BCUT2D eigenvalue weighted by Gasteiger charge is 2.30. The molecular weight excluding hydrogens is 225 g/mol. The number of rotatable bonds is 3. The van der Waals surface area contributed by atoms with E-state index in [2.05, 4.69) is 4.98 Å². The first-order valence-corrected chi connectivity index (χ1v) is 4.27. The fourth-order valence-electron chi connectivity index (χ4n) is 1.22. The number of carbonyl (C=O) groups is 1. The minimum atomic E-state index is -4.39. The summed E-state index contributed by atoms with van der Waals surface area (Å²) in [5, 5.41) is 8.74. The van der Waals surface area contributed by atoms with Crippen LogP contribution in [0.4, 0.5) is 18.9 Å². The van der Waals surface area contributed by atoms with Gasteiger partial charge in [-0.3, -0.25) is 0 Å². The number of hydrogen-bond donors (Lipinski definition) is 1. The molecule has 0 aromatic carbocycles. The summed E-state index contributed by atoms with van der Waals surface area (Å²) in [5.74, 6) is -1.36. The summed E-state index contributed by atoms with van der Waals surface area (Å²) in [6.45, 7) is -1.22. The predicted molar refractivity (Wildman–Crippen MR) is 50.5 cm³/mol. The van der Waals surface area contributed by atoms with E-state index in [0.29, 0.717) is 0 Å². The average Bonchev–Trinajstić information content (AvgIpc) is 2.15. The Balaban J connectivity index is 2.99. The molecular formula is C9H9F3N2O2. The van der Waals surface area contributed by atoms with Crippen molar-refractivity contribution in [3.05, 3.63) is 24.0 Å². The van der Waals surface area contributed by atoms with Crippen molar-refractivity contribution in [3.63, 3.8) is 0 Å². The lowest BCUT2D eigenvalue weighted by Crippen LogP contribution is -2.32. The maximum Gasteiger partial charge on any atom is 0.405 e. The molecule has 0 aliphatic rings. The molecule has 0 unspecified atom stereocenters. The van der Waals surface area contributed by atoms with Gasteiger partial charge in [0.2, 0.25) is 0 Å². The molecule has 0 amide bonds. The number of alkyl halides is 3. The smallest absolute Gasteiger partial charge is 0.405 e. The Labute approximate surface area is 89.3 Å². The lowest BCUT2D eigenvalue weighted by atomic mass is 10.2. The van der Waals surface area contributed by atoms with Crippen molar-refractivity contribution < 1.29 is 23.1 Å². The van der Waals surface area contributed by atoms with Gasteiger partial charge >= 0.3 is 12.1 Å². The van der Waals surface area contributed by atoms with E-state index in [1.165, 1.54) is 18.3 Å². The molecule has 0 bridgehead atoms. The first kappa shape index (κ1) is 12.3. The fraction of sp³-hybridized carbons (Fsp3) is 0.333. The van der Waals surface area contributed by atoms with Gasteiger partial charge in [0.05, 0.1) is 5.69 Å². The van der Waals surface area contributed by atoms with Crippen LogP contribution < -0.4 is 4.90 Å². The monoisotopic (exact) mass is 234 g/mol. The van der Waals surface area contributed by atoms with Gasteiger partial charge in [-0.15, -0.1) is 0 Å². The van der Waals surface area contributed by atoms with Gasteiger partial charge in [-0.1, -0.05) is 0 Å². The number of anilines is 1. The highest BCUT2D eigenvalue weighted by atomic mass is 19.4. The summed E-state index contributed by atoms with van der Waals surface area (Å²) >= 11 is 0. The summed E-state index contributed by atoms with van der Waals surface area (Å²) in [5.41, 5.74) is -0.457. The van der Waals surface area contributed by atoms with E-state index in [4.69, 9.17) is 5.11 Å². The third-order valence-electron chi connectivity index (χ3n) is 1.82. The molecule has 0 aliphatic heterocycles. The van der Waals surface area contributed by atoms with Gasteiger partial charge in [0.25, 0.3) is 0 Å². The van der Waals surface area contributed by atoms with Gasteiger partial charge in [-0.25, -0.2) is 9.78 Å². The molecule has 0 spiro atoms. The number of hydrogen-bond acceptors (Lipinski definition) is 3. The number of nitrogens with zero attached hydrogens (tertiary/aromatic N) is 2. The van der Waals surface area contributed by atoms with Crippen LogP contribution in [0.1, 0.15) is 10.5 Å². The summed E-state index contributed by atoms with van der Waals surface area (Å²) in [6.07, 6.45) is -3.17. The van der Waals surface area contributed by atoms with Crippen molar-refractivity contribution in [2.24, 2.45) is 0 Å². The third-order valence-corrected chi connectivity index (χ3v) is 1.82. The Bertz CT molecular complexity index is 393. The van der Waals surface area contributed by atoms with Gasteiger partial charge in [-0.2, -0.15) is 13.2 Å². The molecule has 0 aliphatic carbocycles. The van der Waals surface area contributed by atoms with Gasteiger partial charge < -0.3 is 10.0 Å². The second-order valence-electron chi connectivity index (χ2n) is 3.15. The highest BCUT2D eigenvalue weighted by Crippen LogP contribution is 2.22. The second-order valence-corrected chi connectivity index (χ2v) is 3.15. The quantitative estimate of drug-likeness (QED) is 0.866. The summed E-state index contributed by atoms with van der Waals surface area (Å²) < 4.78 is 36.3.